The summed E-state index contributed by atoms with van der Waals surface area (Å²) >= 11 is 1.42. The van der Waals surface area contributed by atoms with Crippen LogP contribution in [0, 0.1) is 0 Å². The number of amides is 1. The van der Waals surface area contributed by atoms with E-state index in [1.165, 1.54) is 11.3 Å². The molecule has 2 unspecified atom stereocenters. The van der Waals surface area contributed by atoms with Crippen molar-refractivity contribution in [3.8, 4) is 16.3 Å². The normalized spacial score (nSPS) is 20.1. The van der Waals surface area contributed by atoms with Gasteiger partial charge in [0, 0.05) is 17.6 Å². The first kappa shape index (κ1) is 18.7. The van der Waals surface area contributed by atoms with Crippen LogP contribution in [0.2, 0.25) is 0 Å². The molecule has 24 heavy (non-hydrogen) atoms. The van der Waals surface area contributed by atoms with Gasteiger partial charge in [0.05, 0.1) is 13.3 Å². The third-order valence-electron chi connectivity index (χ3n) is 4.03. The van der Waals surface area contributed by atoms with Crippen molar-refractivity contribution in [1.82, 2.24) is 15.6 Å². The minimum Gasteiger partial charge on any atom is -0.497 e. The van der Waals surface area contributed by atoms with Crippen molar-refractivity contribution >= 4 is 29.7 Å². The van der Waals surface area contributed by atoms with Crippen LogP contribution in [-0.2, 0) is 0 Å². The van der Waals surface area contributed by atoms with Crippen molar-refractivity contribution in [2.45, 2.75) is 31.8 Å². The van der Waals surface area contributed by atoms with E-state index in [1.54, 1.807) is 13.3 Å². The van der Waals surface area contributed by atoms with E-state index in [9.17, 15) is 4.79 Å². The molecule has 130 valence electrons. The number of carbonyl (C=O) groups excluding carboxylic acids is 1. The number of piperidine rings is 1. The van der Waals surface area contributed by atoms with E-state index in [-0.39, 0.29) is 24.4 Å². The highest BCUT2D eigenvalue weighted by Crippen LogP contribution is 2.27. The number of benzene rings is 1. The first-order valence-corrected chi connectivity index (χ1v) is 8.62. The average molecular weight is 368 g/mol. The van der Waals surface area contributed by atoms with E-state index in [4.69, 9.17) is 4.74 Å². The van der Waals surface area contributed by atoms with E-state index in [2.05, 4.69) is 22.5 Å². The lowest BCUT2D eigenvalue weighted by molar-refractivity contribution is 0.0929. The molecular formula is C17H22ClN3O2S. The van der Waals surface area contributed by atoms with Crippen LogP contribution in [0.5, 0.6) is 5.75 Å². The second kappa shape index (κ2) is 8.46. The van der Waals surface area contributed by atoms with Crippen molar-refractivity contribution in [2.24, 2.45) is 0 Å². The number of methoxy groups -OCH3 is 1. The van der Waals surface area contributed by atoms with Gasteiger partial charge >= 0.3 is 0 Å². The summed E-state index contributed by atoms with van der Waals surface area (Å²) in [7, 11) is 1.64. The number of aromatic nitrogens is 1. The second-order valence-electron chi connectivity index (χ2n) is 5.81. The van der Waals surface area contributed by atoms with Crippen LogP contribution in [0.1, 0.15) is 29.4 Å². The quantitative estimate of drug-likeness (QED) is 0.871. The van der Waals surface area contributed by atoms with Crippen molar-refractivity contribution in [3.63, 3.8) is 0 Å². The molecule has 1 aliphatic rings. The molecule has 2 N–H and O–H groups in total. The number of thiazole rings is 1. The van der Waals surface area contributed by atoms with Gasteiger partial charge in [-0.3, -0.25) is 4.79 Å². The molecule has 3 rings (SSSR count). The number of carbonyl (C=O) groups is 1. The highest BCUT2D eigenvalue weighted by molar-refractivity contribution is 7.16. The predicted molar refractivity (Wildman–Crippen MR) is 99.3 cm³/mol. The van der Waals surface area contributed by atoms with E-state index in [0.717, 1.165) is 35.7 Å². The maximum absolute atomic E-state index is 12.4. The monoisotopic (exact) mass is 367 g/mol. The van der Waals surface area contributed by atoms with Gasteiger partial charge in [0.15, 0.2) is 0 Å². The van der Waals surface area contributed by atoms with Crippen molar-refractivity contribution in [1.29, 1.82) is 0 Å². The van der Waals surface area contributed by atoms with Crippen LogP contribution in [0.3, 0.4) is 0 Å². The van der Waals surface area contributed by atoms with Gasteiger partial charge in [-0.15, -0.1) is 23.7 Å². The number of hydrogen-bond acceptors (Lipinski definition) is 5. The Balaban J connectivity index is 0.00000208. The Bertz CT molecular complexity index is 675. The molecule has 1 amide bonds. The lowest BCUT2D eigenvalue weighted by Crippen LogP contribution is -2.46. The van der Waals surface area contributed by atoms with Crippen molar-refractivity contribution in [3.05, 3.63) is 35.3 Å². The first-order chi connectivity index (χ1) is 11.2. The Morgan fingerprint density at radius 3 is 2.79 bits per heavy atom. The van der Waals surface area contributed by atoms with Crippen LogP contribution < -0.4 is 15.4 Å². The molecule has 1 fully saturated rings. The van der Waals surface area contributed by atoms with Gasteiger partial charge in [0.25, 0.3) is 5.91 Å². The molecule has 1 aromatic heterocycles. The fraction of sp³-hybridized carbons (Fsp3) is 0.412. The molecule has 1 saturated heterocycles. The first-order valence-electron chi connectivity index (χ1n) is 7.80. The molecule has 2 heterocycles. The van der Waals surface area contributed by atoms with Gasteiger partial charge in [0.1, 0.15) is 15.6 Å². The highest BCUT2D eigenvalue weighted by Gasteiger charge is 2.21. The molecular weight excluding hydrogens is 346 g/mol. The van der Waals surface area contributed by atoms with Gasteiger partial charge in [-0.1, -0.05) is 0 Å². The number of rotatable bonds is 4. The zero-order valence-electron chi connectivity index (χ0n) is 13.7. The summed E-state index contributed by atoms with van der Waals surface area (Å²) in [5.74, 6) is 0.782. The van der Waals surface area contributed by atoms with Gasteiger partial charge in [-0.25, -0.2) is 4.98 Å². The topological polar surface area (TPSA) is 63.2 Å². The molecule has 1 aromatic carbocycles. The molecule has 0 bridgehead atoms. The highest BCUT2D eigenvalue weighted by atomic mass is 35.5. The average Bonchev–Trinajstić information content (AvgIpc) is 3.05. The standard InChI is InChI=1S/C17H21N3O2S.ClH/c1-11-9-13(7-8-18-11)20-16(21)15-10-19-17(23-15)12-3-5-14(22-2)6-4-12;/h3-6,10-11,13,18H,7-9H2,1-2H3,(H,20,21);1H. The Kier molecular flexibility index (Phi) is 6.60. The van der Waals surface area contributed by atoms with Gasteiger partial charge in [-0.2, -0.15) is 0 Å². The van der Waals surface area contributed by atoms with Crippen molar-refractivity contribution in [2.75, 3.05) is 13.7 Å². The fourth-order valence-corrected chi connectivity index (χ4v) is 3.59. The van der Waals surface area contributed by atoms with E-state index >= 15 is 0 Å². The SMILES string of the molecule is COc1ccc(-c2ncc(C(=O)NC3CCNC(C)C3)s2)cc1.Cl. The van der Waals surface area contributed by atoms with Gasteiger partial charge in [-0.05, 0) is 50.6 Å². The molecule has 0 aliphatic carbocycles. The number of nitrogens with zero attached hydrogens (tertiary/aromatic N) is 1. The third kappa shape index (κ3) is 4.47. The number of nitrogens with one attached hydrogen (secondary N) is 2. The van der Waals surface area contributed by atoms with E-state index in [1.807, 2.05) is 24.3 Å². The molecule has 5 nitrogen and oxygen atoms in total. The summed E-state index contributed by atoms with van der Waals surface area (Å²) in [6.07, 6.45) is 3.60. The summed E-state index contributed by atoms with van der Waals surface area (Å²) in [6.45, 7) is 3.10. The molecule has 2 atom stereocenters. The van der Waals surface area contributed by atoms with Crippen LogP contribution in [0.4, 0.5) is 0 Å². The maximum Gasteiger partial charge on any atom is 0.263 e. The summed E-state index contributed by atoms with van der Waals surface area (Å²) in [4.78, 5) is 17.4. The number of halogens is 1. The van der Waals surface area contributed by atoms with E-state index in [0.29, 0.717) is 10.9 Å². The summed E-state index contributed by atoms with van der Waals surface area (Å²) < 4.78 is 5.16. The predicted octanol–water partition coefficient (Wildman–Crippen LogP) is 3.11. The lowest BCUT2D eigenvalue weighted by Gasteiger charge is -2.28. The van der Waals surface area contributed by atoms with Gasteiger partial charge < -0.3 is 15.4 Å². The van der Waals surface area contributed by atoms with Crippen LogP contribution in [-0.4, -0.2) is 36.6 Å². The third-order valence-corrected chi connectivity index (χ3v) is 5.07. The smallest absolute Gasteiger partial charge is 0.263 e. The van der Waals surface area contributed by atoms with Crippen LogP contribution >= 0.6 is 23.7 Å². The summed E-state index contributed by atoms with van der Waals surface area (Å²) in [6, 6.07) is 8.39. The minimum atomic E-state index is -0.0265. The fourth-order valence-electron chi connectivity index (χ4n) is 2.77. The number of ether oxygens (including phenoxy) is 1. The Morgan fingerprint density at radius 2 is 2.12 bits per heavy atom. The Morgan fingerprint density at radius 1 is 1.38 bits per heavy atom. The molecule has 2 aromatic rings. The number of hydrogen-bond donors (Lipinski definition) is 2. The van der Waals surface area contributed by atoms with Crippen molar-refractivity contribution < 1.29 is 9.53 Å². The minimum absolute atomic E-state index is 0. The molecule has 0 radical (unpaired) electrons. The zero-order valence-corrected chi connectivity index (χ0v) is 15.4. The van der Waals surface area contributed by atoms with Crippen LogP contribution in [0.15, 0.2) is 30.5 Å². The second-order valence-corrected chi connectivity index (χ2v) is 6.84. The largest absolute Gasteiger partial charge is 0.497 e. The summed E-state index contributed by atoms with van der Waals surface area (Å²) in [5.41, 5.74) is 0.991. The van der Waals surface area contributed by atoms with Crippen LogP contribution in [0.25, 0.3) is 10.6 Å². The summed E-state index contributed by atoms with van der Waals surface area (Å²) in [5, 5.41) is 7.35. The molecule has 0 spiro atoms. The van der Waals surface area contributed by atoms with Gasteiger partial charge in [0.2, 0.25) is 0 Å². The lowest BCUT2D eigenvalue weighted by atomic mass is 10.0. The van der Waals surface area contributed by atoms with E-state index < -0.39 is 0 Å². The zero-order chi connectivity index (χ0) is 16.2. The molecule has 0 saturated carbocycles. The molecule has 7 heteroatoms. The molecule has 1 aliphatic heterocycles. The maximum atomic E-state index is 12.4. The Labute approximate surface area is 152 Å². The Hall–Kier alpha value is -1.63.